The molecule has 2 N–H and O–H groups in total. The first-order valence-electron chi connectivity index (χ1n) is 6.25. The lowest BCUT2D eigenvalue weighted by atomic mass is 10.2. The molecule has 0 aliphatic heterocycles. The normalized spacial score (nSPS) is 11.1. The highest BCUT2D eigenvalue weighted by Gasteiger charge is 2.20. The first-order valence-corrected chi connectivity index (χ1v) is 8.11. The lowest BCUT2D eigenvalue weighted by Crippen LogP contribution is -2.41. The number of hydrogen-bond acceptors (Lipinski definition) is 4. The van der Waals surface area contributed by atoms with E-state index >= 15 is 0 Å². The molecule has 0 atom stereocenters. The Morgan fingerprint density at radius 3 is 2.57 bits per heavy atom. The second-order valence-electron chi connectivity index (χ2n) is 4.33. The SMILES string of the molecule is COc1ccc(Cl)cc1C(=O)NNS(=O)(=O)c1ccccc1F. The van der Waals surface area contributed by atoms with Crippen LogP contribution in [0.1, 0.15) is 10.4 Å². The van der Waals surface area contributed by atoms with Crippen LogP contribution in [0.15, 0.2) is 47.4 Å². The van der Waals surface area contributed by atoms with Crippen molar-refractivity contribution in [2.24, 2.45) is 0 Å². The fourth-order valence-corrected chi connectivity index (χ4v) is 2.85. The van der Waals surface area contributed by atoms with Gasteiger partial charge in [0.05, 0.1) is 12.7 Å². The van der Waals surface area contributed by atoms with Crippen molar-refractivity contribution in [3.05, 3.63) is 58.9 Å². The topological polar surface area (TPSA) is 84.5 Å². The van der Waals surface area contributed by atoms with E-state index in [1.54, 1.807) is 0 Å². The highest BCUT2D eigenvalue weighted by atomic mass is 35.5. The van der Waals surface area contributed by atoms with Crippen LogP contribution in [0.5, 0.6) is 5.75 Å². The van der Waals surface area contributed by atoms with E-state index in [-0.39, 0.29) is 16.3 Å². The summed E-state index contributed by atoms with van der Waals surface area (Å²) in [6.07, 6.45) is 0. The maximum atomic E-state index is 13.5. The molecule has 122 valence electrons. The van der Waals surface area contributed by atoms with E-state index in [2.05, 4.69) is 0 Å². The van der Waals surface area contributed by atoms with Gasteiger partial charge in [-0.2, -0.15) is 0 Å². The van der Waals surface area contributed by atoms with Gasteiger partial charge < -0.3 is 4.74 Å². The minimum absolute atomic E-state index is 0.0243. The maximum absolute atomic E-state index is 13.5. The number of sulfonamides is 1. The van der Waals surface area contributed by atoms with Crippen LogP contribution in [0.25, 0.3) is 0 Å². The maximum Gasteiger partial charge on any atom is 0.270 e. The Morgan fingerprint density at radius 1 is 1.22 bits per heavy atom. The number of benzene rings is 2. The van der Waals surface area contributed by atoms with E-state index < -0.39 is 26.6 Å². The first kappa shape index (κ1) is 17.2. The molecule has 0 saturated carbocycles. The fourth-order valence-electron chi connectivity index (χ4n) is 1.76. The Balaban J connectivity index is 2.19. The van der Waals surface area contributed by atoms with Crippen molar-refractivity contribution in [3.63, 3.8) is 0 Å². The summed E-state index contributed by atoms with van der Waals surface area (Å²) in [6.45, 7) is 0. The number of amides is 1. The van der Waals surface area contributed by atoms with Gasteiger partial charge in [-0.15, -0.1) is 4.83 Å². The number of ether oxygens (including phenoxy) is 1. The van der Waals surface area contributed by atoms with Crippen molar-refractivity contribution in [1.29, 1.82) is 0 Å². The standard InChI is InChI=1S/C14H12ClFN2O4S/c1-22-12-7-6-9(15)8-10(12)14(19)17-18-23(20,21)13-5-3-2-4-11(13)16/h2-8,18H,1H3,(H,17,19). The molecule has 0 spiro atoms. The van der Waals surface area contributed by atoms with E-state index in [4.69, 9.17) is 16.3 Å². The number of methoxy groups -OCH3 is 1. The largest absolute Gasteiger partial charge is 0.496 e. The number of carbonyl (C=O) groups excluding carboxylic acids is 1. The molecule has 2 rings (SSSR count). The van der Waals surface area contributed by atoms with Gasteiger partial charge in [0, 0.05) is 5.02 Å². The van der Waals surface area contributed by atoms with Gasteiger partial charge in [0.1, 0.15) is 16.5 Å². The summed E-state index contributed by atoms with van der Waals surface area (Å²) >= 11 is 5.80. The summed E-state index contributed by atoms with van der Waals surface area (Å²) in [5.74, 6) is -1.53. The molecule has 6 nitrogen and oxygen atoms in total. The van der Waals surface area contributed by atoms with Crippen LogP contribution in [-0.2, 0) is 10.0 Å². The van der Waals surface area contributed by atoms with Gasteiger partial charge in [0.2, 0.25) is 0 Å². The fraction of sp³-hybridized carbons (Fsp3) is 0.0714. The molecule has 2 aromatic rings. The molecule has 2 aromatic carbocycles. The number of hydrazine groups is 1. The number of hydrogen-bond donors (Lipinski definition) is 2. The molecule has 23 heavy (non-hydrogen) atoms. The Kier molecular flexibility index (Phi) is 5.19. The zero-order chi connectivity index (χ0) is 17.0. The predicted octanol–water partition coefficient (Wildman–Crippen LogP) is 2.11. The van der Waals surface area contributed by atoms with Gasteiger partial charge in [0.15, 0.2) is 0 Å². The summed E-state index contributed by atoms with van der Waals surface area (Å²) in [5, 5.41) is 0.271. The number of carbonyl (C=O) groups is 1. The van der Waals surface area contributed by atoms with E-state index in [9.17, 15) is 17.6 Å². The molecule has 0 fully saturated rings. The first-order chi connectivity index (χ1) is 10.8. The minimum atomic E-state index is -4.25. The van der Waals surface area contributed by atoms with Crippen molar-refractivity contribution in [1.82, 2.24) is 10.3 Å². The average molecular weight is 359 g/mol. The molecule has 0 heterocycles. The Labute approximate surface area is 137 Å². The van der Waals surface area contributed by atoms with Crippen LogP contribution in [0.3, 0.4) is 0 Å². The van der Waals surface area contributed by atoms with Crippen LogP contribution in [0.4, 0.5) is 4.39 Å². The quantitative estimate of drug-likeness (QED) is 0.802. The van der Waals surface area contributed by atoms with Crippen molar-refractivity contribution < 1.29 is 22.3 Å². The van der Waals surface area contributed by atoms with Crippen LogP contribution >= 0.6 is 11.6 Å². The summed E-state index contributed by atoms with van der Waals surface area (Å²) < 4.78 is 42.5. The highest BCUT2D eigenvalue weighted by molar-refractivity contribution is 7.89. The zero-order valence-corrected chi connectivity index (χ0v) is 13.4. The molecule has 0 bridgehead atoms. The molecule has 0 aliphatic rings. The third-order valence-corrected chi connectivity index (χ3v) is 4.35. The molecule has 1 amide bonds. The number of rotatable bonds is 5. The highest BCUT2D eigenvalue weighted by Crippen LogP contribution is 2.22. The van der Waals surface area contributed by atoms with Crippen molar-refractivity contribution in [2.75, 3.05) is 7.11 Å². The third kappa shape index (κ3) is 3.98. The van der Waals surface area contributed by atoms with Crippen molar-refractivity contribution in [3.8, 4) is 5.75 Å². The molecular weight excluding hydrogens is 347 g/mol. The van der Waals surface area contributed by atoms with Crippen LogP contribution in [0.2, 0.25) is 5.02 Å². The summed E-state index contributed by atoms with van der Waals surface area (Å²) in [6, 6.07) is 9.07. The second-order valence-corrected chi connectivity index (χ2v) is 6.42. The Hall–Kier alpha value is -2.16. The van der Waals surface area contributed by atoms with Gasteiger partial charge >= 0.3 is 0 Å². The minimum Gasteiger partial charge on any atom is -0.496 e. The van der Waals surface area contributed by atoms with E-state index in [1.165, 1.54) is 37.4 Å². The third-order valence-electron chi connectivity index (χ3n) is 2.83. The van der Waals surface area contributed by atoms with Gasteiger partial charge in [-0.1, -0.05) is 23.7 Å². The number of nitrogens with one attached hydrogen (secondary N) is 2. The van der Waals surface area contributed by atoms with Crippen LogP contribution in [0, 0.1) is 5.82 Å². The predicted molar refractivity (Wildman–Crippen MR) is 82.2 cm³/mol. The molecule has 0 aromatic heterocycles. The summed E-state index contributed by atoms with van der Waals surface area (Å²) in [5.41, 5.74) is 2.01. The van der Waals surface area contributed by atoms with E-state index in [1.807, 2.05) is 10.3 Å². The van der Waals surface area contributed by atoms with Crippen molar-refractivity contribution >= 4 is 27.5 Å². The van der Waals surface area contributed by atoms with E-state index in [0.717, 1.165) is 12.1 Å². The lowest BCUT2D eigenvalue weighted by Gasteiger charge is -2.11. The van der Waals surface area contributed by atoms with Gasteiger partial charge in [-0.25, -0.2) is 12.8 Å². The van der Waals surface area contributed by atoms with Gasteiger partial charge in [0.25, 0.3) is 15.9 Å². The average Bonchev–Trinajstić information content (AvgIpc) is 2.53. The van der Waals surface area contributed by atoms with Crippen LogP contribution in [-0.4, -0.2) is 21.4 Å². The number of halogens is 2. The lowest BCUT2D eigenvalue weighted by molar-refractivity contribution is 0.0942. The Morgan fingerprint density at radius 2 is 1.91 bits per heavy atom. The zero-order valence-electron chi connectivity index (χ0n) is 11.8. The van der Waals surface area contributed by atoms with Crippen molar-refractivity contribution in [2.45, 2.75) is 4.90 Å². The van der Waals surface area contributed by atoms with Gasteiger partial charge in [-0.3, -0.25) is 10.2 Å². The monoisotopic (exact) mass is 358 g/mol. The molecule has 9 heteroatoms. The second kappa shape index (κ2) is 6.95. The molecule has 0 unspecified atom stereocenters. The Bertz CT molecular complexity index is 842. The molecule has 0 saturated heterocycles. The molecule has 0 aliphatic carbocycles. The summed E-state index contributed by atoms with van der Waals surface area (Å²) in [4.78, 5) is 13.3. The smallest absolute Gasteiger partial charge is 0.270 e. The van der Waals surface area contributed by atoms with Gasteiger partial charge in [-0.05, 0) is 30.3 Å². The summed E-state index contributed by atoms with van der Waals surface area (Å²) in [7, 11) is -2.90. The molecular formula is C14H12ClFN2O4S. The van der Waals surface area contributed by atoms with E-state index in [0.29, 0.717) is 0 Å². The molecule has 0 radical (unpaired) electrons. The van der Waals surface area contributed by atoms with Crippen LogP contribution < -0.4 is 15.0 Å².